The van der Waals surface area contributed by atoms with Gasteiger partial charge in [0.15, 0.2) is 6.10 Å². The highest BCUT2D eigenvalue weighted by Gasteiger charge is 2.19. The molecule has 0 radical (unpaired) electrons. The van der Waals surface area contributed by atoms with Gasteiger partial charge >= 0.3 is 17.9 Å². The first-order chi connectivity index (χ1) is 33.0. The van der Waals surface area contributed by atoms with E-state index in [0.29, 0.717) is 19.3 Å². The highest BCUT2D eigenvalue weighted by atomic mass is 16.6. The van der Waals surface area contributed by atoms with E-state index >= 15 is 0 Å². The Hall–Kier alpha value is -4.19. The summed E-state index contributed by atoms with van der Waals surface area (Å²) in [5.41, 5.74) is 0. The largest absolute Gasteiger partial charge is 0.462 e. The summed E-state index contributed by atoms with van der Waals surface area (Å²) in [7, 11) is 0. The van der Waals surface area contributed by atoms with Crippen molar-refractivity contribution in [1.29, 1.82) is 0 Å². The Labute approximate surface area is 412 Å². The maximum absolute atomic E-state index is 12.8. The number of carbonyl (C=O) groups excluding carboxylic acids is 3. The molecule has 0 amide bonds. The Morgan fingerprint density at radius 1 is 0.328 bits per heavy atom. The zero-order valence-corrected chi connectivity index (χ0v) is 43.1. The normalized spacial score (nSPS) is 13.1. The highest BCUT2D eigenvalue weighted by Crippen LogP contribution is 2.13. The lowest BCUT2D eigenvalue weighted by Gasteiger charge is -2.18. The number of rotatable bonds is 47. The van der Waals surface area contributed by atoms with E-state index in [9.17, 15) is 14.4 Å². The van der Waals surface area contributed by atoms with E-state index in [0.717, 1.165) is 141 Å². The van der Waals surface area contributed by atoms with Crippen LogP contribution in [0.5, 0.6) is 0 Å². The molecular weight excluding hydrogens is 829 g/mol. The summed E-state index contributed by atoms with van der Waals surface area (Å²) in [6.45, 7) is 6.31. The van der Waals surface area contributed by atoms with Crippen molar-refractivity contribution in [3.8, 4) is 0 Å². The molecule has 6 heteroatoms. The minimum absolute atomic E-state index is 0.105. The maximum atomic E-state index is 12.8. The van der Waals surface area contributed by atoms with Gasteiger partial charge in [0.2, 0.25) is 0 Å². The lowest BCUT2D eigenvalue weighted by molar-refractivity contribution is -0.167. The summed E-state index contributed by atoms with van der Waals surface area (Å²) in [5, 5.41) is 0. The Morgan fingerprint density at radius 2 is 0.657 bits per heavy atom. The van der Waals surface area contributed by atoms with Gasteiger partial charge in [0.25, 0.3) is 0 Å². The molecule has 0 rings (SSSR count). The van der Waals surface area contributed by atoms with Crippen molar-refractivity contribution < 1.29 is 28.6 Å². The molecule has 67 heavy (non-hydrogen) atoms. The summed E-state index contributed by atoms with van der Waals surface area (Å²) in [4.78, 5) is 38.1. The number of hydrogen-bond acceptors (Lipinski definition) is 6. The van der Waals surface area contributed by atoms with Crippen LogP contribution in [0.15, 0.2) is 122 Å². The number of carbonyl (C=O) groups is 3. The zero-order chi connectivity index (χ0) is 48.6. The van der Waals surface area contributed by atoms with Crippen molar-refractivity contribution in [3.05, 3.63) is 122 Å². The van der Waals surface area contributed by atoms with Crippen molar-refractivity contribution >= 4 is 17.9 Å². The van der Waals surface area contributed by atoms with Crippen LogP contribution < -0.4 is 0 Å². The van der Waals surface area contributed by atoms with E-state index < -0.39 is 6.10 Å². The van der Waals surface area contributed by atoms with E-state index in [1.165, 1.54) is 44.9 Å². The molecule has 1 atom stereocenters. The van der Waals surface area contributed by atoms with Gasteiger partial charge in [-0.25, -0.2) is 0 Å². The van der Waals surface area contributed by atoms with Crippen LogP contribution in [-0.2, 0) is 28.6 Å². The van der Waals surface area contributed by atoms with E-state index in [1.807, 2.05) is 18.2 Å². The van der Waals surface area contributed by atoms with Crippen LogP contribution in [0.2, 0.25) is 0 Å². The zero-order valence-electron chi connectivity index (χ0n) is 43.1. The summed E-state index contributed by atoms with van der Waals surface area (Å²) in [5.74, 6) is -0.964. The molecule has 0 aromatic rings. The van der Waals surface area contributed by atoms with Gasteiger partial charge in [-0.15, -0.1) is 0 Å². The molecule has 0 saturated carbocycles. The Morgan fingerprint density at radius 3 is 1.09 bits per heavy atom. The second-order valence-electron chi connectivity index (χ2n) is 17.5. The minimum atomic E-state index is -0.807. The predicted molar refractivity (Wildman–Crippen MR) is 288 cm³/mol. The van der Waals surface area contributed by atoms with E-state index in [2.05, 4.69) is 124 Å². The van der Waals surface area contributed by atoms with Gasteiger partial charge < -0.3 is 14.2 Å². The number of allylic oxidation sites excluding steroid dienone is 20. The fourth-order valence-corrected chi connectivity index (χ4v) is 7.06. The third-order valence-electron chi connectivity index (χ3n) is 11.1. The topological polar surface area (TPSA) is 78.9 Å². The Balaban J connectivity index is 4.51. The molecule has 0 aliphatic heterocycles. The smallest absolute Gasteiger partial charge is 0.306 e. The molecule has 0 saturated heterocycles. The van der Waals surface area contributed by atoms with E-state index in [-0.39, 0.29) is 31.1 Å². The van der Waals surface area contributed by atoms with E-state index in [1.54, 1.807) is 0 Å². The minimum Gasteiger partial charge on any atom is -0.462 e. The predicted octanol–water partition coefficient (Wildman–Crippen LogP) is 18.1. The molecule has 6 nitrogen and oxygen atoms in total. The molecule has 0 aliphatic rings. The van der Waals surface area contributed by atoms with Gasteiger partial charge in [0.05, 0.1) is 0 Å². The quantitative estimate of drug-likeness (QED) is 0.0199. The first-order valence-electron chi connectivity index (χ1n) is 27.1. The second-order valence-corrected chi connectivity index (χ2v) is 17.5. The van der Waals surface area contributed by atoms with Gasteiger partial charge in [0.1, 0.15) is 13.2 Å². The summed E-state index contributed by atoms with van der Waals surface area (Å²) in [6.07, 6.45) is 74.6. The van der Waals surface area contributed by atoms with Gasteiger partial charge in [-0.1, -0.05) is 232 Å². The van der Waals surface area contributed by atoms with Gasteiger partial charge in [-0.2, -0.15) is 0 Å². The fraction of sp³-hybridized carbons (Fsp3) is 0.623. The average molecular weight is 927 g/mol. The molecule has 0 spiro atoms. The Kier molecular flexibility index (Phi) is 51.0. The lowest BCUT2D eigenvalue weighted by atomic mass is 10.1. The van der Waals surface area contributed by atoms with Crippen molar-refractivity contribution in [2.45, 2.75) is 232 Å². The van der Waals surface area contributed by atoms with Crippen LogP contribution in [0.25, 0.3) is 0 Å². The molecule has 0 fully saturated rings. The van der Waals surface area contributed by atoms with Crippen LogP contribution in [-0.4, -0.2) is 37.2 Å². The van der Waals surface area contributed by atoms with Crippen LogP contribution >= 0.6 is 0 Å². The highest BCUT2D eigenvalue weighted by molar-refractivity contribution is 5.71. The molecule has 1 unspecified atom stereocenters. The van der Waals surface area contributed by atoms with Crippen molar-refractivity contribution in [3.63, 3.8) is 0 Å². The van der Waals surface area contributed by atoms with Crippen molar-refractivity contribution in [2.75, 3.05) is 13.2 Å². The number of ether oxygens (including phenoxy) is 3. The van der Waals surface area contributed by atoms with Gasteiger partial charge in [-0.05, 0) is 96.3 Å². The van der Waals surface area contributed by atoms with Crippen LogP contribution in [0, 0.1) is 0 Å². The number of hydrogen-bond donors (Lipinski definition) is 0. The molecule has 378 valence electrons. The second kappa shape index (κ2) is 54.4. The van der Waals surface area contributed by atoms with Gasteiger partial charge in [-0.3, -0.25) is 14.4 Å². The van der Waals surface area contributed by atoms with E-state index in [4.69, 9.17) is 14.2 Å². The van der Waals surface area contributed by atoms with Crippen molar-refractivity contribution in [1.82, 2.24) is 0 Å². The molecule has 0 aliphatic carbocycles. The maximum Gasteiger partial charge on any atom is 0.306 e. The first-order valence-corrected chi connectivity index (χ1v) is 27.1. The van der Waals surface area contributed by atoms with Crippen molar-refractivity contribution in [2.24, 2.45) is 0 Å². The number of unbranched alkanes of at least 4 members (excludes halogenated alkanes) is 21. The third-order valence-corrected chi connectivity index (χ3v) is 11.1. The third kappa shape index (κ3) is 52.6. The SMILES string of the molecule is CC\C=C/C=C\C=C/C=C\CCCCCCCC(=O)OCC(COC(=O)CCCCCCC\C=C/C=C\C=C/CCCCCCC)OC(=O)CCCCCCCC/C=C\C/C=C\C/C=C\CC. The van der Waals surface area contributed by atoms with Gasteiger partial charge in [0, 0.05) is 19.3 Å². The van der Waals surface area contributed by atoms with Crippen LogP contribution in [0.4, 0.5) is 0 Å². The average Bonchev–Trinajstić information content (AvgIpc) is 3.33. The summed E-state index contributed by atoms with van der Waals surface area (Å²) >= 11 is 0. The molecule has 0 N–H and O–H groups in total. The monoisotopic (exact) mass is 927 g/mol. The lowest BCUT2D eigenvalue weighted by Crippen LogP contribution is -2.30. The molecule has 0 aromatic heterocycles. The fourth-order valence-electron chi connectivity index (χ4n) is 7.06. The summed E-state index contributed by atoms with van der Waals surface area (Å²) < 4.78 is 16.8. The van der Waals surface area contributed by atoms with Crippen LogP contribution in [0.3, 0.4) is 0 Å². The summed E-state index contributed by atoms with van der Waals surface area (Å²) in [6, 6.07) is 0. The molecule has 0 aromatic carbocycles. The molecule has 0 heterocycles. The molecular formula is C61H98O6. The molecule has 0 bridgehead atoms. The number of esters is 3. The first kappa shape index (κ1) is 62.8. The van der Waals surface area contributed by atoms with Crippen LogP contribution in [0.1, 0.15) is 226 Å². The standard InChI is InChI=1S/C61H98O6/c1-4-7-10-13-16-19-22-25-28-30-31-34-36-39-42-45-48-51-54-60(63)66-57-58(56-65-59(62)53-50-47-44-41-38-35-32-27-24-21-18-15-12-9-6-3)67-61(64)55-52-49-46-43-40-37-33-29-26-23-20-17-14-11-8-5-2/h8-9,11-12,15,17-18,20-22,24-32,34,58H,4-7,10,13-14,16,19,23,33,35-57H2,1-3H3/b11-8-,12-9-,18-15-,20-17-,24-21-,25-22-,29-26-,30-28-,32-27-,34-31-. The Bertz CT molecular complexity index is 1440.